The van der Waals surface area contributed by atoms with Crippen LogP contribution in [0.5, 0.6) is 0 Å². The standard InChI is InChI=1S/C15H21N3OS/c1-15(2,3)16-9-6-10-18-13(19)11-7-4-5-8-12(11)17-14(18)20/h4-5,7-8,16H,6,9-10H2,1-3H3,(H,17,20). The van der Waals surface area contributed by atoms with Gasteiger partial charge in [0.1, 0.15) is 0 Å². The van der Waals surface area contributed by atoms with Crippen molar-refractivity contribution in [2.75, 3.05) is 6.54 Å². The summed E-state index contributed by atoms with van der Waals surface area (Å²) in [4.78, 5) is 15.5. The van der Waals surface area contributed by atoms with Crippen molar-refractivity contribution in [2.45, 2.75) is 39.3 Å². The number of aromatic nitrogens is 2. The van der Waals surface area contributed by atoms with E-state index in [0.717, 1.165) is 18.5 Å². The zero-order valence-corrected chi connectivity index (χ0v) is 13.0. The molecule has 0 unspecified atom stereocenters. The minimum absolute atomic E-state index is 0.0138. The molecule has 1 aromatic heterocycles. The van der Waals surface area contributed by atoms with Gasteiger partial charge in [0, 0.05) is 12.1 Å². The average molecular weight is 291 g/mol. The molecular formula is C15H21N3OS. The van der Waals surface area contributed by atoms with E-state index in [0.29, 0.717) is 16.7 Å². The third-order valence-electron chi connectivity index (χ3n) is 3.10. The van der Waals surface area contributed by atoms with Crippen molar-refractivity contribution in [3.8, 4) is 0 Å². The topological polar surface area (TPSA) is 49.8 Å². The first kappa shape index (κ1) is 14.9. The monoisotopic (exact) mass is 291 g/mol. The van der Waals surface area contributed by atoms with Gasteiger partial charge >= 0.3 is 0 Å². The Hall–Kier alpha value is -1.46. The number of aromatic amines is 1. The first-order valence-corrected chi connectivity index (χ1v) is 7.26. The third kappa shape index (κ3) is 3.55. The molecule has 0 saturated heterocycles. The van der Waals surface area contributed by atoms with Crippen molar-refractivity contribution in [3.63, 3.8) is 0 Å². The molecule has 2 N–H and O–H groups in total. The van der Waals surface area contributed by atoms with E-state index in [9.17, 15) is 4.79 Å². The van der Waals surface area contributed by atoms with Crippen LogP contribution in [0, 0.1) is 4.77 Å². The molecule has 0 saturated carbocycles. The van der Waals surface area contributed by atoms with Gasteiger partial charge in [0.25, 0.3) is 5.56 Å². The highest BCUT2D eigenvalue weighted by molar-refractivity contribution is 7.71. The molecule has 4 nitrogen and oxygen atoms in total. The highest BCUT2D eigenvalue weighted by Crippen LogP contribution is 2.06. The molecule has 1 aromatic carbocycles. The molecule has 0 bridgehead atoms. The first-order chi connectivity index (χ1) is 9.38. The van der Waals surface area contributed by atoms with Gasteiger partial charge in [-0.25, -0.2) is 0 Å². The van der Waals surface area contributed by atoms with Gasteiger partial charge in [0.15, 0.2) is 4.77 Å². The highest BCUT2D eigenvalue weighted by atomic mass is 32.1. The van der Waals surface area contributed by atoms with Crippen LogP contribution < -0.4 is 10.9 Å². The fourth-order valence-corrected chi connectivity index (χ4v) is 2.39. The fourth-order valence-electron chi connectivity index (χ4n) is 2.10. The van der Waals surface area contributed by atoms with E-state index >= 15 is 0 Å². The Balaban J connectivity index is 2.18. The Morgan fingerprint density at radius 2 is 2.00 bits per heavy atom. The molecule has 5 heteroatoms. The second-order valence-corrected chi connectivity index (χ2v) is 6.35. The van der Waals surface area contributed by atoms with Gasteiger partial charge in [0.2, 0.25) is 0 Å². The summed E-state index contributed by atoms with van der Waals surface area (Å²) in [7, 11) is 0. The smallest absolute Gasteiger partial charge is 0.262 e. The van der Waals surface area contributed by atoms with Crippen LogP contribution in [-0.2, 0) is 6.54 Å². The molecule has 0 aliphatic heterocycles. The Labute approximate surface area is 123 Å². The second-order valence-electron chi connectivity index (χ2n) is 5.96. The maximum absolute atomic E-state index is 12.4. The van der Waals surface area contributed by atoms with Gasteiger partial charge in [-0.15, -0.1) is 0 Å². The number of hydrogen-bond donors (Lipinski definition) is 2. The second kappa shape index (κ2) is 5.89. The number of H-pyrrole nitrogens is 1. The highest BCUT2D eigenvalue weighted by Gasteiger charge is 2.08. The lowest BCUT2D eigenvalue weighted by Gasteiger charge is -2.20. The van der Waals surface area contributed by atoms with Crippen LogP contribution in [0.15, 0.2) is 29.1 Å². The van der Waals surface area contributed by atoms with Crippen molar-refractivity contribution in [3.05, 3.63) is 39.4 Å². The summed E-state index contributed by atoms with van der Waals surface area (Å²) in [6, 6.07) is 7.46. The lowest BCUT2D eigenvalue weighted by atomic mass is 10.1. The molecule has 0 aliphatic carbocycles. The van der Waals surface area contributed by atoms with Crippen molar-refractivity contribution in [2.24, 2.45) is 0 Å². The van der Waals surface area contributed by atoms with E-state index in [-0.39, 0.29) is 11.1 Å². The quantitative estimate of drug-likeness (QED) is 0.673. The molecule has 0 radical (unpaired) electrons. The van der Waals surface area contributed by atoms with Crippen molar-refractivity contribution < 1.29 is 0 Å². The van der Waals surface area contributed by atoms with Gasteiger partial charge in [-0.1, -0.05) is 12.1 Å². The number of nitrogens with zero attached hydrogens (tertiary/aromatic N) is 1. The molecule has 108 valence electrons. The van der Waals surface area contributed by atoms with E-state index in [1.807, 2.05) is 24.3 Å². The zero-order chi connectivity index (χ0) is 14.8. The molecular weight excluding hydrogens is 270 g/mol. The van der Waals surface area contributed by atoms with E-state index < -0.39 is 0 Å². The molecule has 2 aromatic rings. The van der Waals surface area contributed by atoms with Crippen LogP contribution >= 0.6 is 12.2 Å². The van der Waals surface area contributed by atoms with E-state index in [4.69, 9.17) is 12.2 Å². The number of rotatable bonds is 4. The number of para-hydroxylation sites is 1. The molecule has 20 heavy (non-hydrogen) atoms. The van der Waals surface area contributed by atoms with E-state index in [2.05, 4.69) is 31.1 Å². The number of fused-ring (bicyclic) bond motifs is 1. The maximum atomic E-state index is 12.4. The predicted molar refractivity (Wildman–Crippen MR) is 85.8 cm³/mol. The molecule has 0 fully saturated rings. The summed E-state index contributed by atoms with van der Waals surface area (Å²) in [6.07, 6.45) is 0.868. The van der Waals surface area contributed by atoms with Crippen LogP contribution in [0.4, 0.5) is 0 Å². The normalized spacial score (nSPS) is 11.9. The fraction of sp³-hybridized carbons (Fsp3) is 0.467. The Kier molecular flexibility index (Phi) is 4.40. The average Bonchev–Trinajstić information content (AvgIpc) is 2.36. The van der Waals surface area contributed by atoms with Crippen LogP contribution in [0.25, 0.3) is 10.9 Å². The Morgan fingerprint density at radius 1 is 1.30 bits per heavy atom. The van der Waals surface area contributed by atoms with Gasteiger partial charge in [-0.05, 0) is 58.1 Å². The van der Waals surface area contributed by atoms with Crippen molar-refractivity contribution in [1.29, 1.82) is 0 Å². The lowest BCUT2D eigenvalue weighted by molar-refractivity contribution is 0.412. The number of benzene rings is 1. The van der Waals surface area contributed by atoms with Crippen LogP contribution in [-0.4, -0.2) is 21.6 Å². The summed E-state index contributed by atoms with van der Waals surface area (Å²) in [5, 5.41) is 4.09. The summed E-state index contributed by atoms with van der Waals surface area (Å²) in [5.74, 6) is 0. The molecule has 2 rings (SSSR count). The van der Waals surface area contributed by atoms with Gasteiger partial charge in [-0.2, -0.15) is 0 Å². The van der Waals surface area contributed by atoms with E-state index in [1.54, 1.807) is 4.57 Å². The number of hydrogen-bond acceptors (Lipinski definition) is 3. The minimum atomic E-state index is -0.0138. The van der Waals surface area contributed by atoms with Crippen LogP contribution in [0.3, 0.4) is 0 Å². The molecule has 0 spiro atoms. The van der Waals surface area contributed by atoms with Gasteiger partial charge in [-0.3, -0.25) is 9.36 Å². The third-order valence-corrected chi connectivity index (χ3v) is 3.43. The summed E-state index contributed by atoms with van der Waals surface area (Å²) in [6.45, 7) is 7.87. The molecule has 1 heterocycles. The van der Waals surface area contributed by atoms with Crippen LogP contribution in [0.2, 0.25) is 0 Å². The minimum Gasteiger partial charge on any atom is -0.332 e. The largest absolute Gasteiger partial charge is 0.332 e. The zero-order valence-electron chi connectivity index (χ0n) is 12.2. The summed E-state index contributed by atoms with van der Waals surface area (Å²) < 4.78 is 2.13. The van der Waals surface area contributed by atoms with Crippen molar-refractivity contribution >= 4 is 23.1 Å². The SMILES string of the molecule is CC(C)(C)NCCCn1c(=S)[nH]c2ccccc2c1=O. The van der Waals surface area contributed by atoms with Gasteiger partial charge < -0.3 is 10.3 Å². The molecule has 0 amide bonds. The number of nitrogens with one attached hydrogen (secondary N) is 2. The van der Waals surface area contributed by atoms with Crippen LogP contribution in [0.1, 0.15) is 27.2 Å². The Bertz CT molecular complexity index is 709. The molecule has 0 atom stereocenters. The predicted octanol–water partition coefficient (Wildman–Crippen LogP) is 2.84. The lowest BCUT2D eigenvalue weighted by Crippen LogP contribution is -2.37. The first-order valence-electron chi connectivity index (χ1n) is 6.85. The Morgan fingerprint density at radius 3 is 2.70 bits per heavy atom. The summed E-state index contributed by atoms with van der Waals surface area (Å²) >= 11 is 5.28. The van der Waals surface area contributed by atoms with Gasteiger partial charge in [0.05, 0.1) is 10.9 Å². The van der Waals surface area contributed by atoms with E-state index in [1.165, 1.54) is 0 Å². The maximum Gasteiger partial charge on any atom is 0.262 e. The summed E-state index contributed by atoms with van der Waals surface area (Å²) in [5.41, 5.74) is 0.878. The molecule has 0 aliphatic rings. The van der Waals surface area contributed by atoms with Crippen molar-refractivity contribution in [1.82, 2.24) is 14.9 Å².